The molecule has 0 aliphatic heterocycles. The van der Waals surface area contributed by atoms with Gasteiger partial charge < -0.3 is 10.5 Å². The van der Waals surface area contributed by atoms with Gasteiger partial charge in [0.2, 0.25) is 0 Å². The summed E-state index contributed by atoms with van der Waals surface area (Å²) in [6.45, 7) is 0. The van der Waals surface area contributed by atoms with E-state index in [0.717, 1.165) is 16.9 Å². The predicted molar refractivity (Wildman–Crippen MR) is 68.6 cm³/mol. The van der Waals surface area contributed by atoms with Crippen LogP contribution in [0.4, 0.5) is 0 Å². The fourth-order valence-electron chi connectivity index (χ4n) is 1.74. The first-order chi connectivity index (χ1) is 8.70. The summed E-state index contributed by atoms with van der Waals surface area (Å²) in [5, 5.41) is 0. The van der Waals surface area contributed by atoms with Gasteiger partial charge >= 0.3 is 0 Å². The Morgan fingerprint density at radius 2 is 2.06 bits per heavy atom. The number of methoxy groups -OCH3 is 1. The van der Waals surface area contributed by atoms with Gasteiger partial charge in [-0.25, -0.2) is 0 Å². The zero-order chi connectivity index (χ0) is 13.0. The second-order valence-corrected chi connectivity index (χ2v) is 3.90. The molecule has 0 radical (unpaired) electrons. The van der Waals surface area contributed by atoms with E-state index in [-0.39, 0.29) is 5.69 Å². The lowest BCUT2D eigenvalue weighted by molar-refractivity contribution is 0.0995. The van der Waals surface area contributed by atoms with E-state index in [1.807, 2.05) is 30.3 Å². The third kappa shape index (κ3) is 2.66. The number of nitrogens with zero attached hydrogens (tertiary/aromatic N) is 1. The van der Waals surface area contributed by atoms with Crippen molar-refractivity contribution in [3.63, 3.8) is 0 Å². The Balaban J connectivity index is 2.21. The minimum atomic E-state index is -0.515. The van der Waals surface area contributed by atoms with Crippen molar-refractivity contribution in [3.05, 3.63) is 59.4 Å². The third-order valence-corrected chi connectivity index (χ3v) is 2.66. The van der Waals surface area contributed by atoms with Crippen molar-refractivity contribution in [1.29, 1.82) is 0 Å². The van der Waals surface area contributed by atoms with Crippen LogP contribution in [0.5, 0.6) is 5.75 Å². The summed E-state index contributed by atoms with van der Waals surface area (Å²) < 4.78 is 5.28. The molecule has 0 atom stereocenters. The van der Waals surface area contributed by atoms with E-state index in [1.54, 1.807) is 19.4 Å². The fraction of sp³-hybridized carbons (Fsp3) is 0.143. The van der Waals surface area contributed by atoms with Crippen LogP contribution >= 0.6 is 0 Å². The maximum Gasteiger partial charge on any atom is 0.267 e. The van der Waals surface area contributed by atoms with Crippen molar-refractivity contribution in [2.45, 2.75) is 6.42 Å². The van der Waals surface area contributed by atoms with Crippen LogP contribution in [-0.2, 0) is 6.42 Å². The highest BCUT2D eigenvalue weighted by Gasteiger charge is 2.05. The van der Waals surface area contributed by atoms with Gasteiger partial charge in [0, 0.05) is 12.6 Å². The first-order valence-electron chi connectivity index (χ1n) is 5.57. The minimum Gasteiger partial charge on any atom is -0.496 e. The molecular weight excluding hydrogens is 228 g/mol. The number of primary amides is 1. The molecule has 1 aromatic heterocycles. The second kappa shape index (κ2) is 5.31. The first-order valence-corrected chi connectivity index (χ1v) is 5.57. The summed E-state index contributed by atoms with van der Waals surface area (Å²) in [4.78, 5) is 14.9. The molecule has 0 saturated heterocycles. The number of pyridine rings is 1. The molecule has 92 valence electrons. The molecule has 18 heavy (non-hydrogen) atoms. The van der Waals surface area contributed by atoms with Crippen LogP contribution in [0.15, 0.2) is 42.6 Å². The van der Waals surface area contributed by atoms with Gasteiger partial charge in [0.05, 0.1) is 7.11 Å². The van der Waals surface area contributed by atoms with Gasteiger partial charge in [0.15, 0.2) is 0 Å². The van der Waals surface area contributed by atoms with Gasteiger partial charge in [-0.1, -0.05) is 24.3 Å². The largest absolute Gasteiger partial charge is 0.496 e. The van der Waals surface area contributed by atoms with E-state index in [4.69, 9.17) is 10.5 Å². The average Bonchev–Trinajstić information content (AvgIpc) is 2.40. The number of hydrogen-bond donors (Lipinski definition) is 1. The van der Waals surface area contributed by atoms with Crippen LogP contribution in [0.25, 0.3) is 0 Å². The van der Waals surface area contributed by atoms with E-state index in [9.17, 15) is 4.79 Å². The normalized spacial score (nSPS) is 10.1. The minimum absolute atomic E-state index is 0.277. The number of aromatic nitrogens is 1. The standard InChI is InChI=1S/C14H14N2O2/c1-18-13-5-3-2-4-11(13)8-10-6-7-12(14(15)17)16-9-10/h2-7,9H,8H2,1H3,(H2,15,17). The van der Waals surface area contributed by atoms with Crippen molar-refractivity contribution in [1.82, 2.24) is 4.98 Å². The van der Waals surface area contributed by atoms with E-state index in [0.29, 0.717) is 6.42 Å². The Kier molecular flexibility index (Phi) is 3.57. The van der Waals surface area contributed by atoms with Crippen LogP contribution in [0, 0.1) is 0 Å². The molecule has 4 heteroatoms. The average molecular weight is 242 g/mol. The van der Waals surface area contributed by atoms with Crippen LogP contribution in [0.1, 0.15) is 21.6 Å². The van der Waals surface area contributed by atoms with E-state index in [1.165, 1.54) is 0 Å². The molecule has 0 spiro atoms. The van der Waals surface area contributed by atoms with Gasteiger partial charge in [-0.2, -0.15) is 0 Å². The predicted octanol–water partition coefficient (Wildman–Crippen LogP) is 1.78. The van der Waals surface area contributed by atoms with Gasteiger partial charge in [-0.15, -0.1) is 0 Å². The van der Waals surface area contributed by atoms with Crippen molar-refractivity contribution < 1.29 is 9.53 Å². The fourth-order valence-corrected chi connectivity index (χ4v) is 1.74. The Bertz CT molecular complexity index is 550. The van der Waals surface area contributed by atoms with Crippen molar-refractivity contribution in [2.24, 2.45) is 5.73 Å². The number of carbonyl (C=O) groups excluding carboxylic acids is 1. The molecule has 2 N–H and O–H groups in total. The van der Waals surface area contributed by atoms with E-state index in [2.05, 4.69) is 4.98 Å². The van der Waals surface area contributed by atoms with Crippen LogP contribution in [0.2, 0.25) is 0 Å². The quantitative estimate of drug-likeness (QED) is 0.888. The van der Waals surface area contributed by atoms with Crippen LogP contribution < -0.4 is 10.5 Å². The number of rotatable bonds is 4. The highest BCUT2D eigenvalue weighted by atomic mass is 16.5. The first kappa shape index (κ1) is 12.1. The number of carbonyl (C=O) groups is 1. The van der Waals surface area contributed by atoms with Crippen LogP contribution in [0.3, 0.4) is 0 Å². The molecule has 0 saturated carbocycles. The van der Waals surface area contributed by atoms with Crippen molar-refractivity contribution in [3.8, 4) is 5.75 Å². The lowest BCUT2D eigenvalue weighted by Crippen LogP contribution is -2.12. The molecule has 2 rings (SSSR count). The third-order valence-electron chi connectivity index (χ3n) is 2.66. The summed E-state index contributed by atoms with van der Waals surface area (Å²) in [5.41, 5.74) is 7.50. The monoisotopic (exact) mass is 242 g/mol. The molecule has 1 amide bonds. The molecule has 1 heterocycles. The Morgan fingerprint density at radius 3 is 2.67 bits per heavy atom. The molecule has 0 bridgehead atoms. The van der Waals surface area contributed by atoms with Gasteiger partial charge in [-0.3, -0.25) is 9.78 Å². The van der Waals surface area contributed by atoms with Crippen molar-refractivity contribution in [2.75, 3.05) is 7.11 Å². The zero-order valence-corrected chi connectivity index (χ0v) is 10.1. The second-order valence-electron chi connectivity index (χ2n) is 3.90. The van der Waals surface area contributed by atoms with Gasteiger partial charge in [0.25, 0.3) is 5.91 Å². The maximum atomic E-state index is 10.9. The lowest BCUT2D eigenvalue weighted by atomic mass is 10.1. The molecular formula is C14H14N2O2. The highest BCUT2D eigenvalue weighted by Crippen LogP contribution is 2.20. The smallest absolute Gasteiger partial charge is 0.267 e. The summed E-state index contributed by atoms with van der Waals surface area (Å²) in [6, 6.07) is 11.3. The summed E-state index contributed by atoms with van der Waals surface area (Å²) in [5.74, 6) is 0.329. The Hall–Kier alpha value is -2.36. The lowest BCUT2D eigenvalue weighted by Gasteiger charge is -2.07. The zero-order valence-electron chi connectivity index (χ0n) is 10.1. The SMILES string of the molecule is COc1ccccc1Cc1ccc(C(N)=O)nc1. The van der Waals surface area contributed by atoms with Crippen LogP contribution in [-0.4, -0.2) is 18.0 Å². The topological polar surface area (TPSA) is 65.2 Å². The molecule has 0 aliphatic rings. The summed E-state index contributed by atoms with van der Waals surface area (Å²) >= 11 is 0. The molecule has 2 aromatic rings. The Morgan fingerprint density at radius 1 is 1.28 bits per heavy atom. The number of ether oxygens (including phenoxy) is 1. The summed E-state index contributed by atoms with van der Waals surface area (Å²) in [7, 11) is 1.65. The molecule has 0 aliphatic carbocycles. The number of benzene rings is 1. The molecule has 4 nitrogen and oxygen atoms in total. The maximum absolute atomic E-state index is 10.9. The number of amides is 1. The number of para-hydroxylation sites is 1. The molecule has 0 fully saturated rings. The number of nitrogens with two attached hydrogens (primary N) is 1. The van der Waals surface area contributed by atoms with Gasteiger partial charge in [-0.05, 0) is 23.3 Å². The van der Waals surface area contributed by atoms with Crippen molar-refractivity contribution >= 4 is 5.91 Å². The summed E-state index contributed by atoms with van der Waals surface area (Å²) in [6.07, 6.45) is 2.36. The molecule has 1 aromatic carbocycles. The van der Waals surface area contributed by atoms with E-state index < -0.39 is 5.91 Å². The number of hydrogen-bond acceptors (Lipinski definition) is 3. The van der Waals surface area contributed by atoms with E-state index >= 15 is 0 Å². The Labute approximate surface area is 105 Å². The van der Waals surface area contributed by atoms with Gasteiger partial charge in [0.1, 0.15) is 11.4 Å². The molecule has 0 unspecified atom stereocenters. The highest BCUT2D eigenvalue weighted by molar-refractivity contribution is 5.90.